The van der Waals surface area contributed by atoms with Crippen molar-refractivity contribution in [2.45, 2.75) is 95.7 Å². The zero-order valence-corrected chi connectivity index (χ0v) is 27.1. The number of nitrogens with two attached hydrogens (primary N) is 1. The van der Waals surface area contributed by atoms with Gasteiger partial charge in [0, 0.05) is 13.3 Å². The van der Waals surface area contributed by atoms with E-state index < -0.39 is 85.0 Å². The van der Waals surface area contributed by atoms with Gasteiger partial charge >= 0.3 is 5.97 Å². The van der Waals surface area contributed by atoms with Gasteiger partial charge in [0.1, 0.15) is 49.1 Å². The summed E-state index contributed by atoms with van der Waals surface area (Å²) in [5.74, 6) is -3.48. The molecule has 4 amide bonds. The third-order valence-corrected chi connectivity index (χ3v) is 7.50. The van der Waals surface area contributed by atoms with Crippen molar-refractivity contribution in [3.05, 3.63) is 71.8 Å². The van der Waals surface area contributed by atoms with Crippen LogP contribution in [-0.2, 0) is 56.1 Å². The van der Waals surface area contributed by atoms with Gasteiger partial charge in [-0.3, -0.25) is 24.0 Å². The van der Waals surface area contributed by atoms with Gasteiger partial charge < -0.3 is 50.8 Å². The highest BCUT2D eigenvalue weighted by atomic mass is 16.7. The summed E-state index contributed by atoms with van der Waals surface area (Å²) >= 11 is 0. The van der Waals surface area contributed by atoms with Crippen molar-refractivity contribution in [3.63, 3.8) is 0 Å². The van der Waals surface area contributed by atoms with Crippen LogP contribution in [0.25, 0.3) is 0 Å². The quantitative estimate of drug-likeness (QED) is 0.118. The Hall–Kier alpha value is -4.41. The summed E-state index contributed by atoms with van der Waals surface area (Å²) < 4.78 is 22.7. The number of carbonyl (C=O) groups excluding carboxylic acids is 5. The summed E-state index contributed by atoms with van der Waals surface area (Å²) in [5, 5.41) is 28.4. The Morgan fingerprint density at radius 1 is 0.917 bits per heavy atom. The number of rotatable bonds is 17. The first-order chi connectivity index (χ1) is 22.9. The number of aliphatic hydroxyl groups excluding tert-OH is 2. The molecule has 0 unspecified atom stereocenters. The SMILES string of the molecule is CC(=O)N[C@H]1[C@@H](OCc2ccccc2)O[C@H](CO)[C@@H](O)[C@@H]1O[C@H](C)C(=O)N[C@@H](C)C(=O)N[C@@H](CCC(=O)OCc1ccccc1)C(N)=O. The van der Waals surface area contributed by atoms with Gasteiger partial charge in [0.2, 0.25) is 23.6 Å². The highest BCUT2D eigenvalue weighted by molar-refractivity contribution is 5.92. The topological polar surface area (TPSA) is 225 Å². The van der Waals surface area contributed by atoms with Crippen molar-refractivity contribution < 1.29 is 53.1 Å². The Balaban J connectivity index is 1.58. The van der Waals surface area contributed by atoms with E-state index in [1.807, 2.05) is 36.4 Å². The molecule has 1 saturated heterocycles. The van der Waals surface area contributed by atoms with Gasteiger partial charge in [-0.1, -0.05) is 60.7 Å². The number of ether oxygens (including phenoxy) is 4. The Morgan fingerprint density at radius 2 is 1.52 bits per heavy atom. The molecule has 2 aromatic carbocycles. The molecule has 0 aromatic heterocycles. The van der Waals surface area contributed by atoms with Gasteiger partial charge in [-0.2, -0.15) is 0 Å². The van der Waals surface area contributed by atoms with Crippen LogP contribution in [-0.4, -0.2) is 95.2 Å². The molecule has 0 bridgehead atoms. The van der Waals surface area contributed by atoms with Crippen molar-refractivity contribution in [3.8, 4) is 0 Å². The Labute approximate surface area is 278 Å². The molecule has 0 saturated carbocycles. The van der Waals surface area contributed by atoms with E-state index in [2.05, 4.69) is 16.0 Å². The van der Waals surface area contributed by atoms with Crippen LogP contribution in [0.5, 0.6) is 0 Å². The molecule has 2 aromatic rings. The lowest BCUT2D eigenvalue weighted by Gasteiger charge is -2.44. The van der Waals surface area contributed by atoms with Crippen LogP contribution >= 0.6 is 0 Å². The van der Waals surface area contributed by atoms with Crippen molar-refractivity contribution in [2.24, 2.45) is 5.73 Å². The maximum absolute atomic E-state index is 13.1. The summed E-state index contributed by atoms with van der Waals surface area (Å²) in [6.45, 7) is 3.50. The third kappa shape index (κ3) is 11.7. The van der Waals surface area contributed by atoms with Gasteiger partial charge in [-0.15, -0.1) is 0 Å². The van der Waals surface area contributed by atoms with Crippen LogP contribution in [0, 0.1) is 0 Å². The van der Waals surface area contributed by atoms with E-state index in [9.17, 15) is 34.2 Å². The number of hydrogen-bond donors (Lipinski definition) is 6. The standard InChI is InChI=1S/C33H44N4O11/c1-19(31(43)37-24(30(34)42)14-15-26(40)45-17-22-10-6-4-7-11-22)35-32(44)20(2)47-29-27(36-21(3)39)33(48-25(16-38)28(29)41)46-18-23-12-8-5-9-13-23/h4-13,19-20,24-25,27-29,33,38,41H,14-18H2,1-3H3,(H2,34,42)(H,35,44)(H,36,39)(H,37,43)/t19-,20+,24-,25+,27+,28+,29+,33-/m0/s1. The van der Waals surface area contributed by atoms with Crippen LogP contribution in [0.2, 0.25) is 0 Å². The molecule has 7 N–H and O–H groups in total. The smallest absolute Gasteiger partial charge is 0.306 e. The molecule has 1 aliphatic rings. The molecule has 1 heterocycles. The lowest BCUT2D eigenvalue weighted by atomic mass is 9.96. The van der Waals surface area contributed by atoms with Gasteiger partial charge in [-0.05, 0) is 31.4 Å². The Kier molecular flexibility index (Phi) is 14.9. The second-order valence-corrected chi connectivity index (χ2v) is 11.4. The fourth-order valence-electron chi connectivity index (χ4n) is 4.86. The predicted octanol–water partition coefficient (Wildman–Crippen LogP) is -0.442. The summed E-state index contributed by atoms with van der Waals surface area (Å²) in [6, 6.07) is 14.6. The Bertz CT molecular complexity index is 1360. The molecule has 3 rings (SSSR count). The highest BCUT2D eigenvalue weighted by Crippen LogP contribution is 2.26. The second kappa shape index (κ2) is 18.8. The van der Waals surface area contributed by atoms with E-state index in [1.165, 1.54) is 20.8 Å². The number of carbonyl (C=O) groups is 5. The lowest BCUT2D eigenvalue weighted by molar-refractivity contribution is -0.283. The molecule has 15 nitrogen and oxygen atoms in total. The molecule has 0 aliphatic carbocycles. The molecule has 48 heavy (non-hydrogen) atoms. The minimum absolute atomic E-state index is 0.0507. The van der Waals surface area contributed by atoms with Gasteiger partial charge in [0.05, 0.1) is 13.2 Å². The summed E-state index contributed by atoms with van der Waals surface area (Å²) in [5.41, 5.74) is 7.02. The first-order valence-corrected chi connectivity index (χ1v) is 15.5. The second-order valence-electron chi connectivity index (χ2n) is 11.4. The normalized spacial score (nSPS) is 22.4. The molecule has 0 spiro atoms. The number of aliphatic hydroxyl groups is 2. The van der Waals surface area contributed by atoms with Crippen LogP contribution in [0.15, 0.2) is 60.7 Å². The Morgan fingerprint density at radius 3 is 2.08 bits per heavy atom. The van der Waals surface area contributed by atoms with E-state index in [0.29, 0.717) is 0 Å². The van der Waals surface area contributed by atoms with E-state index in [-0.39, 0.29) is 26.1 Å². The predicted molar refractivity (Wildman–Crippen MR) is 169 cm³/mol. The van der Waals surface area contributed by atoms with E-state index in [4.69, 9.17) is 24.7 Å². The zero-order valence-electron chi connectivity index (χ0n) is 27.1. The van der Waals surface area contributed by atoms with E-state index >= 15 is 0 Å². The molecular weight excluding hydrogens is 628 g/mol. The van der Waals surface area contributed by atoms with Crippen LogP contribution in [0.4, 0.5) is 0 Å². The molecule has 1 fully saturated rings. The summed E-state index contributed by atoms with van der Waals surface area (Å²) in [7, 11) is 0. The summed E-state index contributed by atoms with van der Waals surface area (Å²) in [4.78, 5) is 62.2. The number of hydrogen-bond acceptors (Lipinski definition) is 11. The monoisotopic (exact) mass is 672 g/mol. The van der Waals surface area contributed by atoms with Crippen molar-refractivity contribution >= 4 is 29.6 Å². The minimum atomic E-state index is -1.48. The fraction of sp³-hybridized carbons (Fsp3) is 0.485. The van der Waals surface area contributed by atoms with Crippen molar-refractivity contribution in [2.75, 3.05) is 6.61 Å². The molecule has 262 valence electrons. The summed E-state index contributed by atoms with van der Waals surface area (Å²) in [6.07, 6.45) is -6.68. The highest BCUT2D eigenvalue weighted by Gasteiger charge is 2.48. The fourth-order valence-corrected chi connectivity index (χ4v) is 4.86. The van der Waals surface area contributed by atoms with Gasteiger partial charge in [0.15, 0.2) is 6.29 Å². The third-order valence-electron chi connectivity index (χ3n) is 7.50. The van der Waals surface area contributed by atoms with Gasteiger partial charge in [0.25, 0.3) is 0 Å². The van der Waals surface area contributed by atoms with Crippen LogP contribution in [0.1, 0.15) is 44.7 Å². The van der Waals surface area contributed by atoms with Crippen molar-refractivity contribution in [1.82, 2.24) is 16.0 Å². The average Bonchev–Trinajstić information content (AvgIpc) is 3.07. The maximum Gasteiger partial charge on any atom is 0.306 e. The van der Waals surface area contributed by atoms with Crippen molar-refractivity contribution in [1.29, 1.82) is 0 Å². The molecular formula is C33H44N4O11. The lowest BCUT2D eigenvalue weighted by Crippen LogP contribution is -2.66. The molecule has 0 radical (unpaired) electrons. The molecule has 15 heteroatoms. The minimum Gasteiger partial charge on any atom is -0.461 e. The first kappa shape index (κ1) is 38.0. The van der Waals surface area contributed by atoms with E-state index in [0.717, 1.165) is 11.1 Å². The zero-order chi connectivity index (χ0) is 35.2. The van der Waals surface area contributed by atoms with Crippen LogP contribution in [0.3, 0.4) is 0 Å². The number of nitrogens with one attached hydrogen (secondary N) is 3. The number of esters is 1. The largest absolute Gasteiger partial charge is 0.461 e. The molecule has 1 aliphatic heterocycles. The van der Waals surface area contributed by atoms with Crippen LogP contribution < -0.4 is 21.7 Å². The maximum atomic E-state index is 13.1. The van der Waals surface area contributed by atoms with Gasteiger partial charge in [-0.25, -0.2) is 0 Å². The average molecular weight is 673 g/mol. The number of primary amides is 1. The molecule has 8 atom stereocenters. The number of amides is 4. The van der Waals surface area contributed by atoms with E-state index in [1.54, 1.807) is 24.3 Å². The first-order valence-electron chi connectivity index (χ1n) is 15.5. The number of benzene rings is 2.